The minimum Gasteiger partial charge on any atom is -0.480 e. The summed E-state index contributed by atoms with van der Waals surface area (Å²) in [7, 11) is 0. The van der Waals surface area contributed by atoms with Gasteiger partial charge in [0.25, 0.3) is 5.91 Å². The van der Waals surface area contributed by atoms with Crippen molar-refractivity contribution in [3.8, 4) is 0 Å². The smallest absolute Gasteiger partial charge is 0.326 e. The Hall–Kier alpha value is -1.91. The van der Waals surface area contributed by atoms with Crippen LogP contribution in [0.25, 0.3) is 0 Å². The maximum Gasteiger partial charge on any atom is 0.326 e. The Morgan fingerprint density at radius 3 is 2.71 bits per heavy atom. The number of rotatable bonds is 2. The summed E-state index contributed by atoms with van der Waals surface area (Å²) in [4.78, 5) is 30.2. The third-order valence-corrected chi connectivity index (χ3v) is 4.86. The molecule has 2 fully saturated rings. The first-order valence-corrected chi connectivity index (χ1v) is 7.47. The quantitative estimate of drug-likeness (QED) is 0.904. The summed E-state index contributed by atoms with van der Waals surface area (Å²) >= 11 is 0. The Morgan fingerprint density at radius 2 is 2.05 bits per heavy atom. The SMILES string of the molecule is Cc1ccc(C(=O)N2CC3CCCC3C2C(=O)O)c(C)n1. The van der Waals surface area contributed by atoms with Crippen LogP contribution in [-0.2, 0) is 4.79 Å². The molecule has 21 heavy (non-hydrogen) atoms. The van der Waals surface area contributed by atoms with Gasteiger partial charge in [-0.3, -0.25) is 9.78 Å². The summed E-state index contributed by atoms with van der Waals surface area (Å²) in [6.45, 7) is 4.24. The number of nitrogens with zero attached hydrogens (tertiary/aromatic N) is 2. The average molecular weight is 288 g/mol. The van der Waals surface area contributed by atoms with Crippen molar-refractivity contribution < 1.29 is 14.7 Å². The molecule has 1 aromatic rings. The molecular weight excluding hydrogens is 268 g/mol. The highest BCUT2D eigenvalue weighted by atomic mass is 16.4. The van der Waals surface area contributed by atoms with Crippen LogP contribution in [0.15, 0.2) is 12.1 Å². The number of carbonyl (C=O) groups excluding carboxylic acids is 1. The number of pyridine rings is 1. The zero-order chi connectivity index (χ0) is 15.1. The van der Waals surface area contributed by atoms with Gasteiger partial charge in [0, 0.05) is 12.2 Å². The molecule has 1 N–H and O–H groups in total. The number of carbonyl (C=O) groups is 2. The number of carboxylic acid groups (broad SMARTS) is 1. The van der Waals surface area contributed by atoms with E-state index in [-0.39, 0.29) is 11.8 Å². The Kier molecular flexibility index (Phi) is 3.43. The van der Waals surface area contributed by atoms with Gasteiger partial charge in [0.1, 0.15) is 6.04 Å². The molecule has 1 saturated heterocycles. The molecule has 5 heteroatoms. The lowest BCUT2D eigenvalue weighted by Gasteiger charge is -2.25. The highest BCUT2D eigenvalue weighted by Gasteiger charge is 2.49. The van der Waals surface area contributed by atoms with Crippen LogP contribution in [0.4, 0.5) is 0 Å². The van der Waals surface area contributed by atoms with Crippen LogP contribution in [0.3, 0.4) is 0 Å². The molecule has 3 atom stereocenters. The van der Waals surface area contributed by atoms with Crippen molar-refractivity contribution in [2.75, 3.05) is 6.54 Å². The van der Waals surface area contributed by atoms with Crippen molar-refractivity contribution in [2.45, 2.75) is 39.2 Å². The average Bonchev–Trinajstić information content (AvgIpc) is 2.96. The van der Waals surface area contributed by atoms with E-state index in [9.17, 15) is 14.7 Å². The van der Waals surface area contributed by atoms with E-state index in [0.717, 1.165) is 25.0 Å². The molecule has 2 heterocycles. The monoisotopic (exact) mass is 288 g/mol. The van der Waals surface area contributed by atoms with Gasteiger partial charge in [0.2, 0.25) is 0 Å². The lowest BCUT2D eigenvalue weighted by molar-refractivity contribution is -0.142. The van der Waals surface area contributed by atoms with E-state index >= 15 is 0 Å². The third kappa shape index (κ3) is 2.30. The van der Waals surface area contributed by atoms with Gasteiger partial charge < -0.3 is 10.0 Å². The van der Waals surface area contributed by atoms with Crippen molar-refractivity contribution in [1.29, 1.82) is 0 Å². The zero-order valence-corrected chi connectivity index (χ0v) is 12.4. The molecule has 3 rings (SSSR count). The molecule has 0 aromatic carbocycles. The molecule has 0 spiro atoms. The van der Waals surface area contributed by atoms with Gasteiger partial charge in [-0.1, -0.05) is 6.42 Å². The second kappa shape index (κ2) is 5.13. The van der Waals surface area contributed by atoms with Gasteiger partial charge in [0.05, 0.1) is 11.3 Å². The summed E-state index contributed by atoms with van der Waals surface area (Å²) in [5.41, 5.74) is 2.05. The first kappa shape index (κ1) is 14.0. The number of hydrogen-bond acceptors (Lipinski definition) is 3. The minimum atomic E-state index is -0.879. The van der Waals surface area contributed by atoms with E-state index in [4.69, 9.17) is 0 Å². The predicted molar refractivity (Wildman–Crippen MR) is 77.0 cm³/mol. The number of carboxylic acids is 1. The normalized spacial score (nSPS) is 27.7. The Labute approximate surface area is 124 Å². The maximum absolute atomic E-state index is 12.7. The molecule has 0 radical (unpaired) electrons. The lowest BCUT2D eigenvalue weighted by atomic mass is 9.94. The van der Waals surface area contributed by atoms with Gasteiger partial charge in [-0.15, -0.1) is 0 Å². The Balaban J connectivity index is 1.91. The molecule has 5 nitrogen and oxygen atoms in total. The number of amides is 1. The van der Waals surface area contributed by atoms with Crippen molar-refractivity contribution in [1.82, 2.24) is 9.88 Å². The lowest BCUT2D eigenvalue weighted by Crippen LogP contribution is -2.43. The molecule has 1 aliphatic heterocycles. The number of aryl methyl sites for hydroxylation is 2. The number of aromatic nitrogens is 1. The van der Waals surface area contributed by atoms with Gasteiger partial charge in [-0.05, 0) is 50.7 Å². The largest absolute Gasteiger partial charge is 0.480 e. The molecule has 1 saturated carbocycles. The van der Waals surface area contributed by atoms with Gasteiger partial charge >= 0.3 is 5.97 Å². The third-order valence-electron chi connectivity index (χ3n) is 4.86. The van der Waals surface area contributed by atoms with Crippen LogP contribution in [0.1, 0.15) is 41.0 Å². The summed E-state index contributed by atoms with van der Waals surface area (Å²) in [5.74, 6) is -0.615. The van der Waals surface area contributed by atoms with Crippen LogP contribution in [0.5, 0.6) is 0 Å². The maximum atomic E-state index is 12.7. The fourth-order valence-electron chi connectivity index (χ4n) is 3.90. The molecule has 1 amide bonds. The van der Waals surface area contributed by atoms with Crippen LogP contribution in [0, 0.1) is 25.7 Å². The Morgan fingerprint density at radius 1 is 1.29 bits per heavy atom. The van der Waals surface area contributed by atoms with Crippen molar-refractivity contribution in [2.24, 2.45) is 11.8 Å². The van der Waals surface area contributed by atoms with Gasteiger partial charge in [-0.25, -0.2) is 4.79 Å². The minimum absolute atomic E-state index is 0.116. The Bertz CT molecular complexity index is 599. The fourth-order valence-corrected chi connectivity index (χ4v) is 3.90. The van der Waals surface area contributed by atoms with E-state index in [1.54, 1.807) is 24.0 Å². The van der Waals surface area contributed by atoms with E-state index in [2.05, 4.69) is 4.98 Å². The van der Waals surface area contributed by atoms with Crippen LogP contribution < -0.4 is 0 Å². The van der Waals surface area contributed by atoms with Crippen LogP contribution >= 0.6 is 0 Å². The van der Waals surface area contributed by atoms with Crippen LogP contribution in [0.2, 0.25) is 0 Å². The first-order valence-electron chi connectivity index (χ1n) is 7.47. The molecule has 112 valence electrons. The standard InChI is InChI=1S/C16H20N2O3/c1-9-6-7-12(10(2)17-9)15(19)18-8-11-4-3-5-13(11)14(18)16(20)21/h6-7,11,13-14H,3-5,8H2,1-2H3,(H,20,21). The number of aliphatic carboxylic acids is 1. The van der Waals surface area contributed by atoms with Crippen molar-refractivity contribution >= 4 is 11.9 Å². The summed E-state index contributed by atoms with van der Waals surface area (Å²) in [6.07, 6.45) is 3.02. The summed E-state index contributed by atoms with van der Waals surface area (Å²) < 4.78 is 0. The summed E-state index contributed by atoms with van der Waals surface area (Å²) in [6, 6.07) is 2.88. The first-order chi connectivity index (χ1) is 9.99. The van der Waals surface area contributed by atoms with E-state index < -0.39 is 12.0 Å². The van der Waals surface area contributed by atoms with Crippen molar-refractivity contribution in [3.05, 3.63) is 29.1 Å². The highest BCUT2D eigenvalue weighted by molar-refractivity contribution is 5.98. The van der Waals surface area contributed by atoms with Gasteiger partial charge in [-0.2, -0.15) is 0 Å². The second-order valence-electron chi connectivity index (χ2n) is 6.18. The molecule has 2 aliphatic rings. The molecule has 1 aromatic heterocycles. The predicted octanol–water partition coefficient (Wildman–Crippen LogP) is 2.02. The zero-order valence-electron chi connectivity index (χ0n) is 12.4. The topological polar surface area (TPSA) is 70.5 Å². The number of hydrogen-bond donors (Lipinski definition) is 1. The number of likely N-dealkylation sites (tertiary alicyclic amines) is 1. The second-order valence-corrected chi connectivity index (χ2v) is 6.18. The van der Waals surface area contributed by atoms with E-state index in [1.807, 2.05) is 6.92 Å². The molecule has 1 aliphatic carbocycles. The van der Waals surface area contributed by atoms with Crippen LogP contribution in [-0.4, -0.2) is 39.5 Å². The van der Waals surface area contributed by atoms with Crippen molar-refractivity contribution in [3.63, 3.8) is 0 Å². The highest BCUT2D eigenvalue weighted by Crippen LogP contribution is 2.42. The molecule has 3 unspecified atom stereocenters. The molecular formula is C16H20N2O3. The van der Waals surface area contributed by atoms with Gasteiger partial charge in [0.15, 0.2) is 0 Å². The van der Waals surface area contributed by atoms with E-state index in [0.29, 0.717) is 23.7 Å². The summed E-state index contributed by atoms with van der Waals surface area (Å²) in [5, 5.41) is 9.53. The van der Waals surface area contributed by atoms with E-state index in [1.165, 1.54) is 0 Å². The molecule has 0 bridgehead atoms. The number of fused-ring (bicyclic) bond motifs is 1. The fraction of sp³-hybridized carbons (Fsp3) is 0.562.